The zero-order valence-corrected chi connectivity index (χ0v) is 7.23. The van der Waals surface area contributed by atoms with Gasteiger partial charge in [0.2, 0.25) is 0 Å². The fourth-order valence-corrected chi connectivity index (χ4v) is 0.830. The molecule has 2 nitrogen and oxygen atoms in total. The second-order valence-corrected chi connectivity index (χ2v) is 3.61. The van der Waals surface area contributed by atoms with Gasteiger partial charge in [-0.2, -0.15) is 10.2 Å². The van der Waals surface area contributed by atoms with E-state index < -0.39 is 17.0 Å². The highest BCUT2D eigenvalue weighted by Gasteiger charge is 2.22. The standard InChI is InChI=1S/C8H10F2N2/c1-8(2,3)7-6(10)5(9)4-11-12-7/h4H,1-3H3. The monoisotopic (exact) mass is 172 g/mol. The van der Waals surface area contributed by atoms with Crippen LogP contribution in [-0.2, 0) is 5.41 Å². The molecular weight excluding hydrogens is 162 g/mol. The third-order valence-electron chi connectivity index (χ3n) is 1.46. The van der Waals surface area contributed by atoms with Crippen LogP contribution in [0.25, 0.3) is 0 Å². The molecule has 0 fully saturated rings. The Morgan fingerprint density at radius 2 is 1.83 bits per heavy atom. The molecule has 0 aliphatic heterocycles. The third kappa shape index (κ3) is 1.57. The number of halogens is 2. The van der Waals surface area contributed by atoms with E-state index in [0.29, 0.717) is 0 Å². The van der Waals surface area contributed by atoms with Gasteiger partial charge in [0.15, 0.2) is 11.6 Å². The minimum absolute atomic E-state index is 0.0579. The van der Waals surface area contributed by atoms with Crippen LogP contribution in [0.15, 0.2) is 6.20 Å². The summed E-state index contributed by atoms with van der Waals surface area (Å²) in [5.74, 6) is -1.85. The fourth-order valence-electron chi connectivity index (χ4n) is 0.830. The second kappa shape index (κ2) is 2.77. The van der Waals surface area contributed by atoms with Gasteiger partial charge in [0, 0.05) is 5.41 Å². The maximum absolute atomic E-state index is 13.0. The molecule has 0 aliphatic rings. The largest absolute Gasteiger partial charge is 0.202 e. The molecule has 66 valence electrons. The first-order valence-electron chi connectivity index (χ1n) is 3.60. The lowest BCUT2D eigenvalue weighted by atomic mass is 9.91. The number of hydrogen-bond donors (Lipinski definition) is 0. The summed E-state index contributed by atoms with van der Waals surface area (Å²) in [5, 5.41) is 6.89. The molecule has 0 amide bonds. The highest BCUT2D eigenvalue weighted by Crippen LogP contribution is 2.22. The van der Waals surface area contributed by atoms with E-state index in [1.807, 2.05) is 0 Å². The van der Waals surface area contributed by atoms with Crippen molar-refractivity contribution in [1.29, 1.82) is 0 Å². The van der Waals surface area contributed by atoms with Crippen LogP contribution in [0.2, 0.25) is 0 Å². The lowest BCUT2D eigenvalue weighted by molar-refractivity contribution is 0.439. The van der Waals surface area contributed by atoms with E-state index in [1.54, 1.807) is 20.8 Å². The molecule has 0 aliphatic carbocycles. The molecule has 0 bridgehead atoms. The Bertz CT molecular complexity index is 292. The zero-order chi connectivity index (χ0) is 9.35. The first-order valence-corrected chi connectivity index (χ1v) is 3.60. The van der Waals surface area contributed by atoms with Gasteiger partial charge in [-0.1, -0.05) is 20.8 Å². The molecule has 4 heteroatoms. The Morgan fingerprint density at radius 1 is 1.25 bits per heavy atom. The van der Waals surface area contributed by atoms with Crippen molar-refractivity contribution in [2.24, 2.45) is 0 Å². The Kier molecular flexibility index (Phi) is 2.08. The van der Waals surface area contributed by atoms with Crippen molar-refractivity contribution in [2.75, 3.05) is 0 Å². The first kappa shape index (κ1) is 9.03. The van der Waals surface area contributed by atoms with Gasteiger partial charge < -0.3 is 0 Å². The van der Waals surface area contributed by atoms with E-state index in [2.05, 4.69) is 10.2 Å². The van der Waals surface area contributed by atoms with E-state index in [1.165, 1.54) is 0 Å². The fraction of sp³-hybridized carbons (Fsp3) is 0.500. The topological polar surface area (TPSA) is 25.8 Å². The Hall–Kier alpha value is -1.06. The van der Waals surface area contributed by atoms with E-state index in [-0.39, 0.29) is 5.69 Å². The normalized spacial score (nSPS) is 11.8. The predicted molar refractivity (Wildman–Crippen MR) is 40.6 cm³/mol. The Morgan fingerprint density at radius 3 is 2.25 bits per heavy atom. The van der Waals surface area contributed by atoms with Gasteiger partial charge in [-0.05, 0) is 0 Å². The Labute approximate surface area is 69.6 Å². The average Bonchev–Trinajstić information content (AvgIpc) is 1.92. The number of rotatable bonds is 0. The van der Waals surface area contributed by atoms with E-state index in [0.717, 1.165) is 6.20 Å². The smallest absolute Gasteiger partial charge is 0.184 e. The summed E-state index contributed by atoms with van der Waals surface area (Å²) in [4.78, 5) is 0. The zero-order valence-electron chi connectivity index (χ0n) is 7.23. The van der Waals surface area contributed by atoms with Gasteiger partial charge in [-0.25, -0.2) is 8.78 Å². The molecule has 0 spiro atoms. The molecule has 1 heterocycles. The van der Waals surface area contributed by atoms with Crippen molar-refractivity contribution in [2.45, 2.75) is 26.2 Å². The summed E-state index contributed by atoms with van der Waals surface area (Å²) in [6.45, 7) is 5.25. The summed E-state index contributed by atoms with van der Waals surface area (Å²) in [5.41, 5.74) is -0.457. The number of hydrogen-bond acceptors (Lipinski definition) is 2. The molecular formula is C8H10F2N2. The van der Waals surface area contributed by atoms with Gasteiger partial charge in [-0.3, -0.25) is 0 Å². The van der Waals surface area contributed by atoms with Crippen LogP contribution in [0.1, 0.15) is 26.5 Å². The van der Waals surface area contributed by atoms with Crippen LogP contribution in [0.5, 0.6) is 0 Å². The van der Waals surface area contributed by atoms with Crippen molar-refractivity contribution >= 4 is 0 Å². The van der Waals surface area contributed by atoms with Crippen molar-refractivity contribution in [3.63, 3.8) is 0 Å². The van der Waals surface area contributed by atoms with Gasteiger partial charge in [-0.15, -0.1) is 0 Å². The molecule has 0 radical (unpaired) electrons. The molecule has 0 saturated carbocycles. The minimum Gasteiger partial charge on any atom is -0.202 e. The van der Waals surface area contributed by atoms with Gasteiger partial charge in [0.25, 0.3) is 0 Å². The molecule has 0 aromatic carbocycles. The molecule has 0 unspecified atom stereocenters. The third-order valence-corrected chi connectivity index (χ3v) is 1.46. The highest BCUT2D eigenvalue weighted by atomic mass is 19.2. The van der Waals surface area contributed by atoms with Gasteiger partial charge in [0.1, 0.15) is 5.69 Å². The van der Waals surface area contributed by atoms with Crippen LogP contribution in [0, 0.1) is 11.6 Å². The van der Waals surface area contributed by atoms with Crippen molar-refractivity contribution in [3.05, 3.63) is 23.5 Å². The van der Waals surface area contributed by atoms with Crippen molar-refractivity contribution in [1.82, 2.24) is 10.2 Å². The van der Waals surface area contributed by atoms with E-state index >= 15 is 0 Å². The summed E-state index contributed by atoms with van der Waals surface area (Å²) in [6.07, 6.45) is 0.768. The quantitative estimate of drug-likeness (QED) is 0.598. The van der Waals surface area contributed by atoms with Gasteiger partial charge >= 0.3 is 0 Å². The molecule has 1 aromatic heterocycles. The summed E-state index contributed by atoms with van der Waals surface area (Å²) < 4.78 is 25.7. The van der Waals surface area contributed by atoms with Gasteiger partial charge in [0.05, 0.1) is 6.20 Å². The van der Waals surface area contributed by atoms with Crippen LogP contribution in [-0.4, -0.2) is 10.2 Å². The van der Waals surface area contributed by atoms with Crippen molar-refractivity contribution < 1.29 is 8.78 Å². The lowest BCUT2D eigenvalue weighted by Crippen LogP contribution is -2.17. The van der Waals surface area contributed by atoms with Crippen LogP contribution >= 0.6 is 0 Å². The predicted octanol–water partition coefficient (Wildman–Crippen LogP) is 2.05. The molecule has 0 N–H and O–H groups in total. The summed E-state index contributed by atoms with van der Waals surface area (Å²) in [7, 11) is 0. The summed E-state index contributed by atoms with van der Waals surface area (Å²) >= 11 is 0. The van der Waals surface area contributed by atoms with Crippen LogP contribution in [0.3, 0.4) is 0 Å². The second-order valence-electron chi connectivity index (χ2n) is 3.61. The first-order chi connectivity index (χ1) is 5.43. The van der Waals surface area contributed by atoms with Crippen LogP contribution < -0.4 is 0 Å². The Balaban J connectivity index is 3.26. The molecule has 1 aromatic rings. The maximum Gasteiger partial charge on any atom is 0.184 e. The SMILES string of the molecule is CC(C)(C)c1nncc(F)c1F. The van der Waals surface area contributed by atoms with E-state index in [9.17, 15) is 8.78 Å². The lowest BCUT2D eigenvalue weighted by Gasteiger charge is -2.16. The molecule has 0 saturated heterocycles. The highest BCUT2D eigenvalue weighted by molar-refractivity contribution is 5.14. The molecule has 12 heavy (non-hydrogen) atoms. The molecule has 0 atom stereocenters. The number of aromatic nitrogens is 2. The minimum atomic E-state index is -0.949. The summed E-state index contributed by atoms with van der Waals surface area (Å²) in [6, 6.07) is 0. The number of nitrogens with zero attached hydrogens (tertiary/aromatic N) is 2. The average molecular weight is 172 g/mol. The van der Waals surface area contributed by atoms with Crippen molar-refractivity contribution in [3.8, 4) is 0 Å². The van der Waals surface area contributed by atoms with E-state index in [4.69, 9.17) is 0 Å². The van der Waals surface area contributed by atoms with Crippen LogP contribution in [0.4, 0.5) is 8.78 Å². The maximum atomic E-state index is 13.0. The molecule has 1 rings (SSSR count).